The average molecular weight is 453 g/mol. The molecule has 1 nitrogen and oxygen atoms in total. The highest BCUT2D eigenvalue weighted by atomic mass is 35.5. The highest BCUT2D eigenvalue weighted by molar-refractivity contribution is 6.42. The SMILES string of the molecule is CCc1cc(C)cc(CC)c1C1=C(C)[C@@H]2C3CC(CC3c3ccc(Cl)c(Cl)c3)[C@@H]2C1=O. The second-order valence-corrected chi connectivity index (χ2v) is 10.6. The van der Waals surface area contributed by atoms with Crippen LogP contribution >= 0.6 is 23.2 Å². The molecule has 0 radical (unpaired) electrons. The predicted molar refractivity (Wildman–Crippen MR) is 130 cm³/mol. The fourth-order valence-corrected chi connectivity index (χ4v) is 7.43. The molecule has 0 aliphatic heterocycles. The third kappa shape index (κ3) is 3.15. The number of hydrogen-bond acceptors (Lipinski definition) is 1. The number of rotatable bonds is 4. The molecule has 0 heterocycles. The molecule has 3 unspecified atom stereocenters. The normalized spacial score (nSPS) is 29.2. The quantitative estimate of drug-likeness (QED) is 0.461. The van der Waals surface area contributed by atoms with E-state index in [0.717, 1.165) is 31.3 Å². The standard InChI is InChI=1S/C28H30Cl2O/c1-5-16-9-14(3)10-17(6-2)26(16)25-15(4)24-21-12-19(27(24)28(25)31)11-20(21)18-7-8-22(29)23(30)13-18/h7-10,13,19-21,24,27H,5-6,11-12H2,1-4H3/t19?,20?,21?,24-,27+/m1/s1. The van der Waals surface area contributed by atoms with Gasteiger partial charge in [0.15, 0.2) is 5.78 Å². The molecule has 2 aromatic rings. The second-order valence-electron chi connectivity index (χ2n) is 9.81. The minimum Gasteiger partial charge on any atom is -0.294 e. The summed E-state index contributed by atoms with van der Waals surface area (Å²) in [4.78, 5) is 13.9. The lowest BCUT2D eigenvalue weighted by Gasteiger charge is -2.32. The summed E-state index contributed by atoms with van der Waals surface area (Å²) in [6, 6.07) is 10.7. The molecule has 2 fully saturated rings. The first-order chi connectivity index (χ1) is 14.8. The van der Waals surface area contributed by atoms with E-state index in [4.69, 9.17) is 23.2 Å². The maximum Gasteiger partial charge on any atom is 0.167 e. The van der Waals surface area contributed by atoms with Crippen LogP contribution in [0, 0.1) is 30.6 Å². The van der Waals surface area contributed by atoms with Crippen molar-refractivity contribution in [1.29, 1.82) is 0 Å². The van der Waals surface area contributed by atoms with E-state index in [1.165, 1.54) is 33.4 Å². The Hall–Kier alpha value is -1.57. The minimum atomic E-state index is 0.176. The molecule has 3 heteroatoms. The van der Waals surface area contributed by atoms with Crippen molar-refractivity contribution in [2.45, 2.75) is 59.3 Å². The molecule has 0 spiro atoms. The number of hydrogen-bond donors (Lipinski definition) is 0. The van der Waals surface area contributed by atoms with Gasteiger partial charge in [-0.15, -0.1) is 0 Å². The monoisotopic (exact) mass is 452 g/mol. The molecule has 0 saturated heterocycles. The van der Waals surface area contributed by atoms with E-state index in [0.29, 0.717) is 39.5 Å². The van der Waals surface area contributed by atoms with Crippen molar-refractivity contribution in [2.24, 2.45) is 23.7 Å². The Morgan fingerprint density at radius 2 is 1.58 bits per heavy atom. The first-order valence-electron chi connectivity index (χ1n) is 11.7. The van der Waals surface area contributed by atoms with Crippen molar-refractivity contribution in [3.8, 4) is 0 Å². The lowest BCUT2D eigenvalue weighted by Crippen LogP contribution is -2.28. The fraction of sp³-hybridized carbons (Fsp3) is 0.464. The third-order valence-corrected chi connectivity index (χ3v) is 9.02. The molecule has 3 aliphatic carbocycles. The Morgan fingerprint density at radius 1 is 0.903 bits per heavy atom. The van der Waals surface area contributed by atoms with Gasteiger partial charge in [-0.1, -0.05) is 66.4 Å². The average Bonchev–Trinajstić information content (AvgIpc) is 3.41. The Morgan fingerprint density at radius 3 is 2.19 bits per heavy atom. The van der Waals surface area contributed by atoms with Gasteiger partial charge < -0.3 is 0 Å². The number of ketones is 1. The van der Waals surface area contributed by atoms with E-state index in [2.05, 4.69) is 45.9 Å². The van der Waals surface area contributed by atoms with Crippen molar-refractivity contribution in [2.75, 3.05) is 0 Å². The molecule has 31 heavy (non-hydrogen) atoms. The molecular weight excluding hydrogens is 423 g/mol. The van der Waals surface area contributed by atoms with E-state index in [1.807, 2.05) is 12.1 Å². The molecule has 5 atom stereocenters. The summed E-state index contributed by atoms with van der Waals surface area (Å²) in [6.07, 6.45) is 4.17. The van der Waals surface area contributed by atoms with Crippen molar-refractivity contribution >= 4 is 34.6 Å². The minimum absolute atomic E-state index is 0.176. The van der Waals surface area contributed by atoms with E-state index in [9.17, 15) is 4.79 Å². The summed E-state index contributed by atoms with van der Waals surface area (Å²) in [5.41, 5.74) is 8.86. The lowest BCUT2D eigenvalue weighted by molar-refractivity contribution is -0.118. The highest BCUT2D eigenvalue weighted by Gasteiger charge is 2.59. The van der Waals surface area contributed by atoms with Crippen molar-refractivity contribution in [1.82, 2.24) is 0 Å². The van der Waals surface area contributed by atoms with Crippen LogP contribution in [0.2, 0.25) is 10.0 Å². The first-order valence-corrected chi connectivity index (χ1v) is 12.4. The van der Waals surface area contributed by atoms with Gasteiger partial charge in [0.25, 0.3) is 0 Å². The van der Waals surface area contributed by atoms with Crippen LogP contribution in [0.25, 0.3) is 5.57 Å². The molecule has 3 aliphatic rings. The van der Waals surface area contributed by atoms with Gasteiger partial charge in [0.05, 0.1) is 10.0 Å². The third-order valence-electron chi connectivity index (χ3n) is 8.28. The number of carbonyl (C=O) groups is 1. The number of Topliss-reactive ketones (excluding diaryl/α,β-unsaturated/α-hetero) is 1. The van der Waals surface area contributed by atoms with Gasteiger partial charge in [-0.05, 0) is 97.6 Å². The smallest absolute Gasteiger partial charge is 0.167 e. The topological polar surface area (TPSA) is 17.1 Å². The molecule has 0 aromatic heterocycles. The van der Waals surface area contributed by atoms with Crippen molar-refractivity contribution in [3.63, 3.8) is 0 Å². The first kappa shape index (κ1) is 21.3. The Kier molecular flexibility index (Phi) is 5.34. The molecule has 2 bridgehead atoms. The second kappa shape index (κ2) is 7.78. The van der Waals surface area contributed by atoms with Crippen LogP contribution in [-0.4, -0.2) is 5.78 Å². The van der Waals surface area contributed by atoms with Gasteiger partial charge in [0.2, 0.25) is 0 Å². The van der Waals surface area contributed by atoms with Crippen molar-refractivity contribution in [3.05, 3.63) is 73.8 Å². The van der Waals surface area contributed by atoms with Gasteiger partial charge in [0, 0.05) is 11.5 Å². The van der Waals surface area contributed by atoms with Gasteiger partial charge in [0.1, 0.15) is 0 Å². The van der Waals surface area contributed by atoms with E-state index in [-0.39, 0.29) is 5.92 Å². The molecule has 5 rings (SSSR count). The molecule has 162 valence electrons. The number of benzene rings is 2. The summed E-state index contributed by atoms with van der Waals surface area (Å²) in [5, 5.41) is 1.24. The van der Waals surface area contributed by atoms with E-state index >= 15 is 0 Å². The highest BCUT2D eigenvalue weighted by Crippen LogP contribution is 2.65. The van der Waals surface area contributed by atoms with E-state index < -0.39 is 0 Å². The Bertz CT molecular complexity index is 1090. The number of carbonyl (C=O) groups excluding carboxylic acids is 1. The van der Waals surface area contributed by atoms with Gasteiger partial charge >= 0.3 is 0 Å². The van der Waals surface area contributed by atoms with Crippen LogP contribution in [0.5, 0.6) is 0 Å². The summed E-state index contributed by atoms with van der Waals surface area (Å²) in [7, 11) is 0. The molecule has 2 aromatic carbocycles. The van der Waals surface area contributed by atoms with Crippen LogP contribution in [0.1, 0.15) is 67.3 Å². The number of fused-ring (bicyclic) bond motifs is 5. The van der Waals surface area contributed by atoms with Gasteiger partial charge in [-0.3, -0.25) is 4.79 Å². The van der Waals surface area contributed by atoms with Crippen molar-refractivity contribution < 1.29 is 4.79 Å². The summed E-state index contributed by atoms with van der Waals surface area (Å²) < 4.78 is 0. The maximum absolute atomic E-state index is 13.9. The zero-order valence-electron chi connectivity index (χ0n) is 18.8. The molecular formula is C28H30Cl2O. The maximum atomic E-state index is 13.9. The molecule has 0 amide bonds. The Labute approximate surface area is 195 Å². The molecule has 0 N–H and O–H groups in total. The zero-order valence-corrected chi connectivity index (χ0v) is 20.3. The summed E-state index contributed by atoms with van der Waals surface area (Å²) in [6.45, 7) is 8.82. The molecule has 2 saturated carbocycles. The number of allylic oxidation sites excluding steroid dienone is 2. The van der Waals surface area contributed by atoms with Crippen LogP contribution in [0.15, 0.2) is 35.9 Å². The number of halogens is 2. The van der Waals surface area contributed by atoms with Gasteiger partial charge in [-0.25, -0.2) is 0 Å². The van der Waals surface area contributed by atoms with E-state index in [1.54, 1.807) is 0 Å². The predicted octanol–water partition coefficient (Wildman–Crippen LogP) is 7.84. The fourth-order valence-electron chi connectivity index (χ4n) is 7.12. The number of aryl methyl sites for hydroxylation is 3. The van der Waals surface area contributed by atoms with Crippen LogP contribution in [0.3, 0.4) is 0 Å². The van der Waals surface area contributed by atoms with Crippen LogP contribution in [0.4, 0.5) is 0 Å². The summed E-state index contributed by atoms with van der Waals surface area (Å²) >= 11 is 12.5. The lowest BCUT2D eigenvalue weighted by atomic mass is 9.71. The summed E-state index contributed by atoms with van der Waals surface area (Å²) in [5.74, 6) is 2.43. The van der Waals surface area contributed by atoms with Gasteiger partial charge in [-0.2, -0.15) is 0 Å². The Balaban J connectivity index is 1.59. The van der Waals surface area contributed by atoms with Crippen LogP contribution in [-0.2, 0) is 17.6 Å². The zero-order chi connectivity index (χ0) is 22.0. The van der Waals surface area contributed by atoms with Crippen LogP contribution < -0.4 is 0 Å². The largest absolute Gasteiger partial charge is 0.294 e.